The van der Waals surface area contributed by atoms with Crippen molar-refractivity contribution in [3.8, 4) is 11.8 Å². The van der Waals surface area contributed by atoms with Crippen LogP contribution in [-0.4, -0.2) is 9.38 Å². The van der Waals surface area contributed by atoms with Crippen LogP contribution in [0.3, 0.4) is 0 Å². The molecule has 0 amide bonds. The van der Waals surface area contributed by atoms with E-state index in [0.717, 1.165) is 17.1 Å². The Kier molecular flexibility index (Phi) is 2.87. The first kappa shape index (κ1) is 11.3. The zero-order chi connectivity index (χ0) is 13.1. The quantitative estimate of drug-likeness (QED) is 0.717. The normalized spacial score (nSPS) is 10.3. The van der Waals surface area contributed by atoms with Crippen molar-refractivity contribution in [2.24, 2.45) is 0 Å². The lowest BCUT2D eigenvalue weighted by Crippen LogP contribution is -1.95. The monoisotopic (exact) mass is 249 g/mol. The van der Waals surface area contributed by atoms with E-state index in [1.165, 1.54) is 0 Å². The molecular formula is C15H11N3O. The van der Waals surface area contributed by atoms with E-state index < -0.39 is 0 Å². The van der Waals surface area contributed by atoms with Gasteiger partial charge in [0.2, 0.25) is 0 Å². The van der Waals surface area contributed by atoms with Crippen molar-refractivity contribution in [3.63, 3.8) is 0 Å². The van der Waals surface area contributed by atoms with Gasteiger partial charge >= 0.3 is 0 Å². The number of hydrogen-bond acceptors (Lipinski definition) is 3. The number of aromatic nitrogens is 2. The Balaban J connectivity index is 1.73. The molecule has 4 heteroatoms. The number of nitriles is 1. The zero-order valence-corrected chi connectivity index (χ0v) is 10.2. The number of imidazole rings is 1. The minimum absolute atomic E-state index is 0.410. The van der Waals surface area contributed by atoms with Crippen LogP contribution in [0, 0.1) is 11.3 Å². The molecule has 0 fully saturated rings. The lowest BCUT2D eigenvalue weighted by atomic mass is 10.2. The number of pyridine rings is 1. The van der Waals surface area contributed by atoms with Gasteiger partial charge in [-0.15, -0.1) is 0 Å². The molecule has 0 N–H and O–H groups in total. The molecule has 0 aliphatic heterocycles. The lowest BCUT2D eigenvalue weighted by molar-refractivity contribution is 0.302. The summed E-state index contributed by atoms with van der Waals surface area (Å²) in [6.07, 6.45) is 3.90. The third kappa shape index (κ3) is 2.40. The molecular weight excluding hydrogens is 238 g/mol. The molecule has 3 aromatic rings. The van der Waals surface area contributed by atoms with E-state index >= 15 is 0 Å². The van der Waals surface area contributed by atoms with Crippen LogP contribution in [0.25, 0.3) is 5.65 Å². The van der Waals surface area contributed by atoms with Gasteiger partial charge in [-0.25, -0.2) is 4.98 Å². The molecule has 0 atom stereocenters. The summed E-state index contributed by atoms with van der Waals surface area (Å²) >= 11 is 0. The summed E-state index contributed by atoms with van der Waals surface area (Å²) in [5.74, 6) is 0.732. The molecule has 1 aromatic carbocycles. The molecule has 0 unspecified atom stereocenters. The van der Waals surface area contributed by atoms with Crippen molar-refractivity contribution in [1.82, 2.24) is 9.38 Å². The molecule has 2 heterocycles. The van der Waals surface area contributed by atoms with Gasteiger partial charge in [0.1, 0.15) is 18.0 Å². The minimum Gasteiger partial charge on any atom is -0.487 e. The third-order valence-electron chi connectivity index (χ3n) is 2.78. The molecule has 0 aliphatic carbocycles. The predicted molar refractivity (Wildman–Crippen MR) is 70.7 cm³/mol. The first-order valence-electron chi connectivity index (χ1n) is 5.91. The fourth-order valence-corrected chi connectivity index (χ4v) is 1.84. The van der Waals surface area contributed by atoms with Crippen LogP contribution in [-0.2, 0) is 6.61 Å². The maximum absolute atomic E-state index is 8.71. The van der Waals surface area contributed by atoms with Crippen molar-refractivity contribution in [3.05, 3.63) is 66.1 Å². The largest absolute Gasteiger partial charge is 0.487 e. The van der Waals surface area contributed by atoms with Crippen LogP contribution in [0.1, 0.15) is 11.3 Å². The Morgan fingerprint density at radius 1 is 1.16 bits per heavy atom. The molecule has 0 saturated carbocycles. The first-order chi connectivity index (χ1) is 9.35. The second-order valence-electron chi connectivity index (χ2n) is 4.12. The van der Waals surface area contributed by atoms with Crippen molar-refractivity contribution < 1.29 is 4.74 Å². The van der Waals surface area contributed by atoms with Crippen molar-refractivity contribution >= 4 is 5.65 Å². The highest BCUT2D eigenvalue weighted by Gasteiger charge is 2.02. The number of hydrogen-bond donors (Lipinski definition) is 0. The van der Waals surface area contributed by atoms with Gasteiger partial charge in [-0.1, -0.05) is 6.07 Å². The summed E-state index contributed by atoms with van der Waals surface area (Å²) in [7, 11) is 0. The van der Waals surface area contributed by atoms with Crippen LogP contribution in [0.2, 0.25) is 0 Å². The number of ether oxygens (including phenoxy) is 1. The molecule has 2 aromatic heterocycles. The van der Waals surface area contributed by atoms with E-state index in [1.54, 1.807) is 24.3 Å². The van der Waals surface area contributed by atoms with E-state index in [1.807, 2.05) is 35.0 Å². The Labute approximate surface area is 110 Å². The van der Waals surface area contributed by atoms with Gasteiger partial charge in [0.15, 0.2) is 0 Å². The number of fused-ring (bicyclic) bond motifs is 1. The van der Waals surface area contributed by atoms with Gasteiger partial charge in [-0.2, -0.15) is 5.26 Å². The molecule has 0 radical (unpaired) electrons. The average molecular weight is 249 g/mol. The number of rotatable bonds is 3. The summed E-state index contributed by atoms with van der Waals surface area (Å²) in [5.41, 5.74) is 2.40. The zero-order valence-electron chi connectivity index (χ0n) is 10.2. The maximum atomic E-state index is 8.71. The van der Waals surface area contributed by atoms with Crippen molar-refractivity contribution in [2.75, 3.05) is 0 Å². The van der Waals surface area contributed by atoms with Crippen LogP contribution in [0.4, 0.5) is 0 Å². The topological polar surface area (TPSA) is 50.3 Å². The third-order valence-corrected chi connectivity index (χ3v) is 2.78. The molecule has 3 rings (SSSR count). The van der Waals surface area contributed by atoms with Crippen LogP contribution < -0.4 is 4.74 Å². The van der Waals surface area contributed by atoms with E-state index in [4.69, 9.17) is 10.00 Å². The summed E-state index contributed by atoms with van der Waals surface area (Å²) in [4.78, 5) is 4.45. The van der Waals surface area contributed by atoms with Crippen molar-refractivity contribution in [1.29, 1.82) is 5.26 Å². The molecule has 0 aliphatic rings. The fraction of sp³-hybridized carbons (Fsp3) is 0.0667. The highest BCUT2D eigenvalue weighted by atomic mass is 16.5. The highest BCUT2D eigenvalue weighted by Crippen LogP contribution is 2.14. The molecule has 0 spiro atoms. The van der Waals surface area contributed by atoms with E-state index in [-0.39, 0.29) is 0 Å². The summed E-state index contributed by atoms with van der Waals surface area (Å²) in [6.45, 7) is 0.410. The second kappa shape index (κ2) is 4.83. The first-order valence-corrected chi connectivity index (χ1v) is 5.91. The predicted octanol–water partition coefficient (Wildman–Crippen LogP) is 2.78. The molecule has 0 bridgehead atoms. The summed E-state index contributed by atoms with van der Waals surface area (Å²) in [5, 5.41) is 8.71. The standard InChI is InChI=1S/C15H11N3O/c16-9-12-4-6-14(7-5-12)19-11-13-10-18-8-2-1-3-15(18)17-13/h1-8,10H,11H2. The second-order valence-corrected chi connectivity index (χ2v) is 4.12. The maximum Gasteiger partial charge on any atom is 0.137 e. The van der Waals surface area contributed by atoms with Crippen LogP contribution >= 0.6 is 0 Å². The van der Waals surface area contributed by atoms with Gasteiger partial charge in [-0.3, -0.25) is 0 Å². The van der Waals surface area contributed by atoms with Gasteiger partial charge in [0.25, 0.3) is 0 Å². The minimum atomic E-state index is 0.410. The average Bonchev–Trinajstić information content (AvgIpc) is 2.88. The molecule has 4 nitrogen and oxygen atoms in total. The van der Waals surface area contributed by atoms with Crippen LogP contribution in [0.5, 0.6) is 5.75 Å². The summed E-state index contributed by atoms with van der Waals surface area (Å²) < 4.78 is 7.59. The van der Waals surface area contributed by atoms with Gasteiger partial charge in [-0.05, 0) is 36.4 Å². The molecule has 19 heavy (non-hydrogen) atoms. The fourth-order valence-electron chi connectivity index (χ4n) is 1.84. The highest BCUT2D eigenvalue weighted by molar-refractivity contribution is 5.39. The van der Waals surface area contributed by atoms with Gasteiger partial charge < -0.3 is 9.14 Å². The SMILES string of the molecule is N#Cc1ccc(OCc2cn3ccccc3n2)cc1. The van der Waals surface area contributed by atoms with Gasteiger partial charge in [0.05, 0.1) is 17.3 Å². The number of nitrogens with zero attached hydrogens (tertiary/aromatic N) is 3. The molecule has 0 saturated heterocycles. The summed E-state index contributed by atoms with van der Waals surface area (Å²) in [6, 6.07) is 15.0. The smallest absolute Gasteiger partial charge is 0.137 e. The number of benzene rings is 1. The van der Waals surface area contributed by atoms with E-state index in [9.17, 15) is 0 Å². The van der Waals surface area contributed by atoms with Crippen molar-refractivity contribution in [2.45, 2.75) is 6.61 Å². The molecule has 92 valence electrons. The Hall–Kier alpha value is -2.80. The van der Waals surface area contributed by atoms with E-state index in [0.29, 0.717) is 12.2 Å². The lowest BCUT2D eigenvalue weighted by Gasteiger charge is -2.03. The van der Waals surface area contributed by atoms with Gasteiger partial charge in [0, 0.05) is 12.4 Å². The van der Waals surface area contributed by atoms with E-state index in [2.05, 4.69) is 11.1 Å². The Morgan fingerprint density at radius 2 is 2.00 bits per heavy atom. The van der Waals surface area contributed by atoms with Crippen LogP contribution in [0.15, 0.2) is 54.9 Å². The Bertz CT molecular complexity index is 705. The Morgan fingerprint density at radius 3 is 2.74 bits per heavy atom.